The molecule has 0 heterocycles. The Morgan fingerprint density at radius 2 is 1.70 bits per heavy atom. The molecule has 0 bridgehead atoms. The molecule has 0 aliphatic heterocycles. The SMILES string of the molecule is CCN(CC(=O)Nc1ccccc1C(F)(F)F)S(=O)(=O)c1ccc(OC)c(OC)c1. The fourth-order valence-corrected chi connectivity index (χ4v) is 4.10. The fourth-order valence-electron chi connectivity index (χ4n) is 2.68. The first-order valence-electron chi connectivity index (χ1n) is 8.72. The zero-order chi connectivity index (χ0) is 22.5. The van der Waals surface area contributed by atoms with Crippen molar-refractivity contribution >= 4 is 21.6 Å². The number of anilines is 1. The third-order valence-electron chi connectivity index (χ3n) is 4.17. The van der Waals surface area contributed by atoms with Crippen LogP contribution in [0.1, 0.15) is 12.5 Å². The van der Waals surface area contributed by atoms with Gasteiger partial charge in [-0.3, -0.25) is 4.79 Å². The van der Waals surface area contributed by atoms with Crippen molar-refractivity contribution in [3.05, 3.63) is 48.0 Å². The van der Waals surface area contributed by atoms with Crippen molar-refractivity contribution in [1.82, 2.24) is 4.31 Å². The van der Waals surface area contributed by atoms with E-state index >= 15 is 0 Å². The number of hydrogen-bond donors (Lipinski definition) is 1. The molecule has 2 rings (SSSR count). The first-order valence-corrected chi connectivity index (χ1v) is 10.2. The molecule has 1 amide bonds. The minimum absolute atomic E-state index is 0.0784. The molecule has 164 valence electrons. The topological polar surface area (TPSA) is 84.9 Å². The Bertz CT molecular complexity index is 1010. The van der Waals surface area contributed by atoms with E-state index in [1.807, 2.05) is 0 Å². The van der Waals surface area contributed by atoms with E-state index in [2.05, 4.69) is 5.32 Å². The Balaban J connectivity index is 2.26. The van der Waals surface area contributed by atoms with E-state index < -0.39 is 39.9 Å². The normalized spacial score (nSPS) is 12.0. The average Bonchev–Trinajstić information content (AvgIpc) is 2.70. The van der Waals surface area contributed by atoms with Crippen LogP contribution in [-0.2, 0) is 21.0 Å². The van der Waals surface area contributed by atoms with Gasteiger partial charge in [0.1, 0.15) is 0 Å². The molecule has 0 aliphatic rings. The molecular formula is C19H21F3N2O5S. The van der Waals surface area contributed by atoms with E-state index in [0.717, 1.165) is 16.4 Å². The van der Waals surface area contributed by atoms with E-state index in [1.165, 1.54) is 51.5 Å². The van der Waals surface area contributed by atoms with Crippen molar-refractivity contribution in [3.8, 4) is 11.5 Å². The van der Waals surface area contributed by atoms with Crippen molar-refractivity contribution in [1.29, 1.82) is 0 Å². The maximum Gasteiger partial charge on any atom is 0.418 e. The first-order chi connectivity index (χ1) is 14.0. The van der Waals surface area contributed by atoms with Crippen LogP contribution in [0.25, 0.3) is 0 Å². The van der Waals surface area contributed by atoms with Gasteiger partial charge in [-0.05, 0) is 24.3 Å². The maximum atomic E-state index is 13.1. The van der Waals surface area contributed by atoms with Crippen molar-refractivity contribution in [2.75, 3.05) is 32.6 Å². The van der Waals surface area contributed by atoms with Gasteiger partial charge in [-0.15, -0.1) is 0 Å². The number of likely N-dealkylation sites (N-methyl/N-ethyl adjacent to an activating group) is 1. The van der Waals surface area contributed by atoms with Gasteiger partial charge in [-0.1, -0.05) is 19.1 Å². The van der Waals surface area contributed by atoms with E-state index in [1.54, 1.807) is 0 Å². The summed E-state index contributed by atoms with van der Waals surface area (Å²) >= 11 is 0. The molecule has 0 saturated heterocycles. The summed E-state index contributed by atoms with van der Waals surface area (Å²) in [6.45, 7) is 0.764. The number of rotatable bonds is 8. The highest BCUT2D eigenvalue weighted by Gasteiger charge is 2.34. The van der Waals surface area contributed by atoms with Gasteiger partial charge in [0, 0.05) is 12.6 Å². The molecule has 0 aromatic heterocycles. The van der Waals surface area contributed by atoms with Crippen LogP contribution in [0.4, 0.5) is 18.9 Å². The van der Waals surface area contributed by atoms with Crippen molar-refractivity contribution in [2.45, 2.75) is 18.0 Å². The summed E-state index contributed by atoms with van der Waals surface area (Å²) in [4.78, 5) is 12.2. The lowest BCUT2D eigenvalue weighted by Gasteiger charge is -2.21. The van der Waals surface area contributed by atoms with Crippen LogP contribution in [-0.4, -0.2) is 45.9 Å². The quantitative estimate of drug-likeness (QED) is 0.672. The Morgan fingerprint density at radius 1 is 1.07 bits per heavy atom. The predicted octanol–water partition coefficient (Wildman–Crippen LogP) is 3.37. The van der Waals surface area contributed by atoms with Gasteiger partial charge in [-0.25, -0.2) is 8.42 Å². The number of halogens is 3. The van der Waals surface area contributed by atoms with Crippen molar-refractivity contribution in [3.63, 3.8) is 0 Å². The number of para-hydroxylation sites is 1. The second-order valence-electron chi connectivity index (χ2n) is 6.04. The highest BCUT2D eigenvalue weighted by atomic mass is 32.2. The molecule has 30 heavy (non-hydrogen) atoms. The summed E-state index contributed by atoms with van der Waals surface area (Å²) in [6, 6.07) is 8.39. The molecule has 0 aliphatic carbocycles. The standard InChI is InChI=1S/C19H21F3N2O5S/c1-4-24(30(26,27)13-9-10-16(28-2)17(11-13)29-3)12-18(25)23-15-8-6-5-7-14(15)19(20,21)22/h5-11H,4,12H2,1-3H3,(H,23,25). The van der Waals surface area contributed by atoms with Gasteiger partial charge in [-0.2, -0.15) is 17.5 Å². The van der Waals surface area contributed by atoms with Crippen LogP contribution in [0.3, 0.4) is 0 Å². The first kappa shape index (κ1) is 23.5. The molecule has 1 N–H and O–H groups in total. The number of amides is 1. The monoisotopic (exact) mass is 446 g/mol. The minimum Gasteiger partial charge on any atom is -0.493 e. The summed E-state index contributed by atoms with van der Waals surface area (Å²) in [5.74, 6) is -0.406. The minimum atomic E-state index is -4.67. The molecule has 7 nitrogen and oxygen atoms in total. The van der Waals surface area contributed by atoms with Crippen LogP contribution in [0, 0.1) is 0 Å². The second kappa shape index (κ2) is 9.35. The van der Waals surface area contributed by atoms with Crippen LogP contribution in [0.5, 0.6) is 11.5 Å². The van der Waals surface area contributed by atoms with E-state index in [-0.39, 0.29) is 17.2 Å². The fraction of sp³-hybridized carbons (Fsp3) is 0.316. The van der Waals surface area contributed by atoms with Crippen LogP contribution < -0.4 is 14.8 Å². The second-order valence-corrected chi connectivity index (χ2v) is 7.98. The molecule has 2 aromatic rings. The average molecular weight is 446 g/mol. The van der Waals surface area contributed by atoms with E-state index in [9.17, 15) is 26.4 Å². The Hall–Kier alpha value is -2.79. The number of carbonyl (C=O) groups excluding carboxylic acids is 1. The molecule has 0 spiro atoms. The molecule has 0 saturated carbocycles. The lowest BCUT2D eigenvalue weighted by molar-refractivity contribution is -0.137. The number of alkyl halides is 3. The molecule has 11 heteroatoms. The number of carbonyl (C=O) groups is 1. The lowest BCUT2D eigenvalue weighted by Crippen LogP contribution is -2.38. The number of ether oxygens (including phenoxy) is 2. The van der Waals surface area contributed by atoms with Crippen LogP contribution >= 0.6 is 0 Å². The summed E-state index contributed by atoms with van der Waals surface area (Å²) in [5.41, 5.74) is -1.47. The highest BCUT2D eigenvalue weighted by Crippen LogP contribution is 2.34. The van der Waals surface area contributed by atoms with Gasteiger partial charge >= 0.3 is 6.18 Å². The van der Waals surface area contributed by atoms with Gasteiger partial charge in [0.25, 0.3) is 0 Å². The lowest BCUT2D eigenvalue weighted by atomic mass is 10.1. The zero-order valence-electron chi connectivity index (χ0n) is 16.5. The zero-order valence-corrected chi connectivity index (χ0v) is 17.3. The number of nitrogens with zero attached hydrogens (tertiary/aromatic N) is 1. The summed E-state index contributed by atoms with van der Waals surface area (Å²) in [7, 11) is -1.38. The maximum absolute atomic E-state index is 13.1. The molecule has 0 radical (unpaired) electrons. The van der Waals surface area contributed by atoms with E-state index in [0.29, 0.717) is 5.75 Å². The van der Waals surface area contributed by atoms with Gasteiger partial charge in [0.05, 0.1) is 36.9 Å². The smallest absolute Gasteiger partial charge is 0.418 e. The third kappa shape index (κ3) is 5.22. The largest absolute Gasteiger partial charge is 0.493 e. The Kier molecular flexibility index (Phi) is 7.32. The number of nitrogens with one attached hydrogen (secondary N) is 1. The van der Waals surface area contributed by atoms with Crippen molar-refractivity contribution < 1.29 is 35.9 Å². The Morgan fingerprint density at radius 3 is 2.27 bits per heavy atom. The van der Waals surface area contributed by atoms with Gasteiger partial charge in [0.2, 0.25) is 15.9 Å². The molecule has 0 atom stereocenters. The number of methoxy groups -OCH3 is 2. The van der Waals surface area contributed by atoms with E-state index in [4.69, 9.17) is 9.47 Å². The molecule has 0 fully saturated rings. The predicted molar refractivity (Wildman–Crippen MR) is 104 cm³/mol. The number of sulfonamides is 1. The summed E-state index contributed by atoms with van der Waals surface area (Å²) in [5, 5.41) is 2.14. The van der Waals surface area contributed by atoms with Gasteiger partial charge in [0.15, 0.2) is 11.5 Å². The van der Waals surface area contributed by atoms with Crippen LogP contribution in [0.2, 0.25) is 0 Å². The third-order valence-corrected chi connectivity index (χ3v) is 6.09. The molecule has 0 unspecified atom stereocenters. The summed E-state index contributed by atoms with van der Waals surface area (Å²) < 4.78 is 76.1. The van der Waals surface area contributed by atoms with Crippen LogP contribution in [0.15, 0.2) is 47.4 Å². The molecule has 2 aromatic carbocycles. The highest BCUT2D eigenvalue weighted by molar-refractivity contribution is 7.89. The number of benzene rings is 2. The summed E-state index contributed by atoms with van der Waals surface area (Å²) in [6.07, 6.45) is -4.67. The van der Waals surface area contributed by atoms with Crippen molar-refractivity contribution in [2.24, 2.45) is 0 Å². The Labute approximate surface area is 172 Å². The molecular weight excluding hydrogens is 425 g/mol. The number of hydrogen-bond acceptors (Lipinski definition) is 5. The van der Waals surface area contributed by atoms with Gasteiger partial charge < -0.3 is 14.8 Å².